The van der Waals surface area contributed by atoms with E-state index in [0.717, 1.165) is 11.3 Å². The first-order chi connectivity index (χ1) is 19.0. The first-order valence-corrected chi connectivity index (χ1v) is 12.7. The molecule has 0 aliphatic rings. The minimum absolute atomic E-state index is 0.00219. The number of para-hydroxylation sites is 1. The maximum Gasteiger partial charge on any atom is 0.268 e. The van der Waals surface area contributed by atoms with Gasteiger partial charge in [0.1, 0.15) is 17.2 Å². The van der Waals surface area contributed by atoms with E-state index in [0.29, 0.717) is 22.0 Å². The molecule has 7 nitrogen and oxygen atoms in total. The van der Waals surface area contributed by atoms with Crippen LogP contribution in [-0.4, -0.2) is 21.6 Å². The van der Waals surface area contributed by atoms with Gasteiger partial charge in [0.25, 0.3) is 11.8 Å². The van der Waals surface area contributed by atoms with Crippen LogP contribution in [0.1, 0.15) is 21.7 Å². The quantitative estimate of drug-likeness (QED) is 0.213. The van der Waals surface area contributed by atoms with Crippen molar-refractivity contribution in [2.45, 2.75) is 6.54 Å². The van der Waals surface area contributed by atoms with Crippen LogP contribution in [0.3, 0.4) is 0 Å². The van der Waals surface area contributed by atoms with Gasteiger partial charge in [-0.2, -0.15) is 5.10 Å². The van der Waals surface area contributed by atoms with E-state index < -0.39 is 11.8 Å². The highest BCUT2D eigenvalue weighted by Gasteiger charge is 2.19. The first-order valence-electron chi connectivity index (χ1n) is 12.0. The first kappa shape index (κ1) is 26.0. The van der Waals surface area contributed by atoms with Crippen LogP contribution in [0.15, 0.2) is 114 Å². The van der Waals surface area contributed by atoms with Gasteiger partial charge in [-0.05, 0) is 48.5 Å². The van der Waals surface area contributed by atoms with Gasteiger partial charge in [0, 0.05) is 22.3 Å². The van der Waals surface area contributed by atoms with Crippen molar-refractivity contribution in [3.63, 3.8) is 0 Å². The van der Waals surface area contributed by atoms with Crippen LogP contribution in [-0.2, 0) is 11.3 Å². The number of hydrogen-bond acceptors (Lipinski definition) is 4. The maximum atomic E-state index is 13.4. The molecule has 0 spiro atoms. The maximum absolute atomic E-state index is 13.4. The smallest absolute Gasteiger partial charge is 0.268 e. The minimum Gasteiger partial charge on any atom is -0.467 e. The van der Waals surface area contributed by atoms with Gasteiger partial charge in [-0.3, -0.25) is 9.59 Å². The molecular formula is C30H22Cl2N4O3. The molecule has 0 unspecified atom stereocenters. The second-order valence-electron chi connectivity index (χ2n) is 8.48. The van der Waals surface area contributed by atoms with E-state index >= 15 is 0 Å². The zero-order chi connectivity index (χ0) is 27.2. The molecule has 2 heterocycles. The zero-order valence-corrected chi connectivity index (χ0v) is 22.0. The number of carbonyl (C=O) groups excluding carboxylic acids is 2. The van der Waals surface area contributed by atoms with Crippen molar-refractivity contribution >= 4 is 41.1 Å². The molecule has 0 aliphatic carbocycles. The van der Waals surface area contributed by atoms with Crippen LogP contribution in [0, 0.1) is 0 Å². The van der Waals surface area contributed by atoms with Crippen molar-refractivity contribution in [1.82, 2.24) is 20.4 Å². The number of rotatable bonds is 8. The van der Waals surface area contributed by atoms with Crippen LogP contribution in [0.2, 0.25) is 10.0 Å². The lowest BCUT2D eigenvalue weighted by molar-refractivity contribution is -0.118. The molecular weight excluding hydrogens is 535 g/mol. The lowest BCUT2D eigenvalue weighted by Gasteiger charge is -2.12. The number of benzene rings is 3. The van der Waals surface area contributed by atoms with Gasteiger partial charge in [-0.15, -0.1) is 0 Å². The van der Waals surface area contributed by atoms with Crippen molar-refractivity contribution in [3.8, 4) is 16.9 Å². The van der Waals surface area contributed by atoms with Crippen LogP contribution in [0.4, 0.5) is 0 Å². The normalized spacial score (nSPS) is 11.3. The third kappa shape index (κ3) is 6.29. The highest BCUT2D eigenvalue weighted by molar-refractivity contribution is 6.36. The predicted octanol–water partition coefficient (Wildman–Crippen LogP) is 6.53. The molecule has 39 heavy (non-hydrogen) atoms. The number of nitrogens with zero attached hydrogens (tertiary/aromatic N) is 2. The summed E-state index contributed by atoms with van der Waals surface area (Å²) in [5.41, 5.74) is 3.12. The summed E-state index contributed by atoms with van der Waals surface area (Å²) in [5, 5.41) is 10.8. The second-order valence-corrected chi connectivity index (χ2v) is 9.32. The Morgan fingerprint density at radius 1 is 0.923 bits per heavy atom. The highest BCUT2D eigenvalue weighted by Crippen LogP contribution is 2.26. The summed E-state index contributed by atoms with van der Waals surface area (Å²) in [5.74, 6) is -0.513. The molecule has 9 heteroatoms. The van der Waals surface area contributed by atoms with E-state index in [9.17, 15) is 9.59 Å². The standard InChI is InChI=1S/C30H22Cl2N4O3/c31-22-13-14-25(26(32)17-22)29(37)34-27(30(38)33-18-24-12-7-15-39-24)16-21-19-36(23-10-5-2-6-11-23)35-28(21)20-8-3-1-4-9-20/h1-17,19H,18H2,(H,33,38)(H,34,37)/b27-16+. The summed E-state index contributed by atoms with van der Waals surface area (Å²) in [6, 6.07) is 27.2. The van der Waals surface area contributed by atoms with E-state index in [2.05, 4.69) is 10.6 Å². The number of hydrogen-bond donors (Lipinski definition) is 2. The van der Waals surface area contributed by atoms with Crippen LogP contribution < -0.4 is 10.6 Å². The van der Waals surface area contributed by atoms with Crippen LogP contribution in [0.5, 0.6) is 0 Å². The third-order valence-electron chi connectivity index (χ3n) is 5.78. The molecule has 0 saturated heterocycles. The van der Waals surface area contributed by atoms with E-state index in [4.69, 9.17) is 32.7 Å². The molecule has 0 atom stereocenters. The second kappa shape index (κ2) is 11.9. The summed E-state index contributed by atoms with van der Waals surface area (Å²) in [6.07, 6.45) is 4.92. The van der Waals surface area contributed by atoms with Gasteiger partial charge in [-0.1, -0.05) is 71.7 Å². The summed E-state index contributed by atoms with van der Waals surface area (Å²) >= 11 is 12.3. The number of carbonyl (C=O) groups is 2. The summed E-state index contributed by atoms with van der Waals surface area (Å²) in [4.78, 5) is 26.6. The van der Waals surface area contributed by atoms with Gasteiger partial charge < -0.3 is 15.1 Å². The fraction of sp³-hybridized carbons (Fsp3) is 0.0333. The van der Waals surface area contributed by atoms with Crippen LogP contribution >= 0.6 is 23.2 Å². The third-order valence-corrected chi connectivity index (χ3v) is 6.33. The molecule has 0 radical (unpaired) electrons. The van der Waals surface area contributed by atoms with Gasteiger partial charge in [0.15, 0.2) is 0 Å². The monoisotopic (exact) mass is 556 g/mol. The predicted molar refractivity (Wildman–Crippen MR) is 151 cm³/mol. The molecule has 3 aromatic carbocycles. The Labute approximate surface area is 234 Å². The average molecular weight is 557 g/mol. The molecule has 5 aromatic rings. The fourth-order valence-electron chi connectivity index (χ4n) is 3.88. The molecule has 5 rings (SSSR count). The number of aromatic nitrogens is 2. The van der Waals surface area contributed by atoms with Crippen molar-refractivity contribution in [2.75, 3.05) is 0 Å². The average Bonchev–Trinajstić information content (AvgIpc) is 3.63. The Morgan fingerprint density at radius 3 is 2.36 bits per heavy atom. The van der Waals surface area contributed by atoms with Gasteiger partial charge in [0.05, 0.1) is 29.1 Å². The molecule has 194 valence electrons. The Kier molecular flexibility index (Phi) is 7.91. The number of nitrogens with one attached hydrogen (secondary N) is 2. The highest BCUT2D eigenvalue weighted by atomic mass is 35.5. The summed E-state index contributed by atoms with van der Waals surface area (Å²) in [7, 11) is 0. The van der Waals surface area contributed by atoms with Crippen molar-refractivity contribution in [2.24, 2.45) is 0 Å². The topological polar surface area (TPSA) is 89.2 Å². The van der Waals surface area contributed by atoms with Crippen molar-refractivity contribution in [3.05, 3.63) is 136 Å². The number of halogens is 2. The van der Waals surface area contributed by atoms with E-state index in [1.165, 1.54) is 18.4 Å². The lowest BCUT2D eigenvalue weighted by atomic mass is 10.1. The summed E-state index contributed by atoms with van der Waals surface area (Å²) < 4.78 is 7.05. The Bertz CT molecular complexity index is 1630. The molecule has 2 amide bonds. The van der Waals surface area contributed by atoms with Crippen molar-refractivity contribution < 1.29 is 14.0 Å². The molecule has 2 aromatic heterocycles. The van der Waals surface area contributed by atoms with Gasteiger partial charge in [-0.25, -0.2) is 4.68 Å². The molecule has 2 N–H and O–H groups in total. The molecule has 0 bridgehead atoms. The molecule has 0 fully saturated rings. The largest absolute Gasteiger partial charge is 0.467 e. The fourth-order valence-corrected chi connectivity index (χ4v) is 4.37. The van der Waals surface area contributed by atoms with E-state index in [-0.39, 0.29) is 22.8 Å². The van der Waals surface area contributed by atoms with E-state index in [1.807, 2.05) is 60.7 Å². The minimum atomic E-state index is -0.562. The Balaban J connectivity index is 1.55. The number of amides is 2. The summed E-state index contributed by atoms with van der Waals surface area (Å²) in [6.45, 7) is 0.134. The van der Waals surface area contributed by atoms with E-state index in [1.54, 1.807) is 35.2 Å². The molecule has 0 aliphatic heterocycles. The molecule has 0 saturated carbocycles. The van der Waals surface area contributed by atoms with Gasteiger partial charge in [0.2, 0.25) is 0 Å². The lowest BCUT2D eigenvalue weighted by Crippen LogP contribution is -2.34. The van der Waals surface area contributed by atoms with Crippen LogP contribution in [0.25, 0.3) is 23.0 Å². The Hall–Kier alpha value is -4.59. The SMILES string of the molecule is O=C(NCc1ccco1)/C(=C\c1cn(-c2ccccc2)nc1-c1ccccc1)NC(=O)c1ccc(Cl)cc1Cl. The zero-order valence-electron chi connectivity index (χ0n) is 20.5. The van der Waals surface area contributed by atoms with Gasteiger partial charge >= 0.3 is 0 Å². The number of furan rings is 1. The van der Waals surface area contributed by atoms with Crippen molar-refractivity contribution in [1.29, 1.82) is 0 Å². The Morgan fingerprint density at radius 2 is 1.67 bits per heavy atom.